The molecule has 7 nitrogen and oxygen atoms in total. The van der Waals surface area contributed by atoms with Crippen molar-refractivity contribution in [3.63, 3.8) is 0 Å². The Kier molecular flexibility index (Phi) is 5.79. The molecule has 0 saturated carbocycles. The number of urea groups is 1. The SMILES string of the molecule is CCCN(CC(=O)N(C)C)C(=O)N1CC(CC(=O)O)C1. The summed E-state index contributed by atoms with van der Waals surface area (Å²) in [6.07, 6.45) is 0.868. The van der Waals surface area contributed by atoms with Gasteiger partial charge in [0.25, 0.3) is 0 Å². The van der Waals surface area contributed by atoms with Crippen molar-refractivity contribution < 1.29 is 19.5 Å². The van der Waals surface area contributed by atoms with Gasteiger partial charge in [0, 0.05) is 39.6 Å². The van der Waals surface area contributed by atoms with Gasteiger partial charge in [-0.05, 0) is 6.42 Å². The second-order valence-corrected chi connectivity index (χ2v) is 5.36. The number of carboxylic acids is 1. The lowest BCUT2D eigenvalue weighted by Gasteiger charge is -2.41. The van der Waals surface area contributed by atoms with Crippen molar-refractivity contribution in [1.82, 2.24) is 14.7 Å². The third kappa shape index (κ3) is 4.40. The molecule has 0 aromatic heterocycles. The number of hydrogen-bond acceptors (Lipinski definition) is 3. The number of carbonyl (C=O) groups excluding carboxylic acids is 2. The van der Waals surface area contributed by atoms with E-state index in [1.807, 2.05) is 6.92 Å². The topological polar surface area (TPSA) is 81.2 Å². The number of rotatable bonds is 6. The van der Waals surface area contributed by atoms with Crippen molar-refractivity contribution in [1.29, 1.82) is 0 Å². The molecule has 7 heteroatoms. The lowest BCUT2D eigenvalue weighted by Crippen LogP contribution is -2.56. The van der Waals surface area contributed by atoms with Crippen LogP contribution in [0.2, 0.25) is 0 Å². The van der Waals surface area contributed by atoms with Crippen LogP contribution in [0.4, 0.5) is 4.79 Å². The standard InChI is InChI=1S/C13H23N3O4/c1-4-5-15(9-11(17)14(2)3)13(20)16-7-10(8-16)6-12(18)19/h10H,4-9H2,1-3H3,(H,18,19). The van der Waals surface area contributed by atoms with E-state index in [0.29, 0.717) is 19.6 Å². The molecular weight excluding hydrogens is 262 g/mol. The summed E-state index contributed by atoms with van der Waals surface area (Å²) in [7, 11) is 3.31. The summed E-state index contributed by atoms with van der Waals surface area (Å²) in [4.78, 5) is 39.1. The molecular formula is C13H23N3O4. The fourth-order valence-corrected chi connectivity index (χ4v) is 2.12. The molecule has 0 spiro atoms. The first-order chi connectivity index (χ1) is 9.35. The Morgan fingerprint density at radius 3 is 2.30 bits per heavy atom. The van der Waals surface area contributed by atoms with Crippen molar-refractivity contribution in [3.05, 3.63) is 0 Å². The van der Waals surface area contributed by atoms with Gasteiger partial charge in [-0.15, -0.1) is 0 Å². The lowest BCUT2D eigenvalue weighted by molar-refractivity contribution is -0.139. The first-order valence-corrected chi connectivity index (χ1v) is 6.81. The smallest absolute Gasteiger partial charge is 0.320 e. The van der Waals surface area contributed by atoms with Gasteiger partial charge < -0.3 is 19.8 Å². The molecule has 0 atom stereocenters. The third-order valence-electron chi connectivity index (χ3n) is 3.28. The fraction of sp³-hybridized carbons (Fsp3) is 0.769. The van der Waals surface area contributed by atoms with Crippen LogP contribution in [0.5, 0.6) is 0 Å². The average molecular weight is 285 g/mol. The molecule has 20 heavy (non-hydrogen) atoms. The van der Waals surface area contributed by atoms with Crippen LogP contribution in [0, 0.1) is 5.92 Å². The average Bonchev–Trinajstić information content (AvgIpc) is 2.31. The number of nitrogens with zero attached hydrogens (tertiary/aromatic N) is 3. The van der Waals surface area contributed by atoms with Crippen LogP contribution in [0.1, 0.15) is 19.8 Å². The molecule has 1 heterocycles. The van der Waals surface area contributed by atoms with E-state index < -0.39 is 5.97 Å². The molecule has 0 radical (unpaired) electrons. The van der Waals surface area contributed by atoms with Crippen LogP contribution in [-0.4, -0.2) is 78.0 Å². The van der Waals surface area contributed by atoms with Crippen molar-refractivity contribution in [3.8, 4) is 0 Å². The molecule has 1 fully saturated rings. The summed E-state index contributed by atoms with van der Waals surface area (Å²) in [5.74, 6) is -0.922. The number of amides is 3. The van der Waals surface area contributed by atoms with Crippen LogP contribution in [0.15, 0.2) is 0 Å². The molecule has 1 N–H and O–H groups in total. The molecule has 0 unspecified atom stereocenters. The number of aliphatic carboxylic acids is 1. The van der Waals surface area contributed by atoms with Gasteiger partial charge in [-0.2, -0.15) is 0 Å². The Labute approximate surface area is 119 Å². The quantitative estimate of drug-likeness (QED) is 0.761. The molecule has 0 aromatic carbocycles. The lowest BCUT2D eigenvalue weighted by atomic mass is 9.97. The Morgan fingerprint density at radius 2 is 1.85 bits per heavy atom. The minimum absolute atomic E-state index is 0.0319. The van der Waals surface area contributed by atoms with Gasteiger partial charge >= 0.3 is 12.0 Å². The number of likely N-dealkylation sites (tertiary alicyclic amines) is 1. The highest BCUT2D eigenvalue weighted by Gasteiger charge is 2.34. The van der Waals surface area contributed by atoms with Gasteiger partial charge in [0.15, 0.2) is 0 Å². The molecule has 114 valence electrons. The predicted molar refractivity (Wildman–Crippen MR) is 73.3 cm³/mol. The van der Waals surface area contributed by atoms with Crippen LogP contribution in [0.3, 0.4) is 0 Å². The van der Waals surface area contributed by atoms with E-state index in [9.17, 15) is 14.4 Å². The molecule has 1 saturated heterocycles. The molecule has 3 amide bonds. The third-order valence-corrected chi connectivity index (χ3v) is 3.28. The van der Waals surface area contributed by atoms with Crippen LogP contribution in [0.25, 0.3) is 0 Å². The number of carbonyl (C=O) groups is 3. The summed E-state index contributed by atoms with van der Waals surface area (Å²) in [6.45, 7) is 3.46. The fourth-order valence-electron chi connectivity index (χ4n) is 2.12. The summed E-state index contributed by atoms with van der Waals surface area (Å²) >= 11 is 0. The van der Waals surface area contributed by atoms with Gasteiger partial charge in [0.1, 0.15) is 6.54 Å². The van der Waals surface area contributed by atoms with Gasteiger partial charge in [0.2, 0.25) is 5.91 Å². The Bertz CT molecular complexity index is 378. The van der Waals surface area contributed by atoms with Crippen LogP contribution in [-0.2, 0) is 9.59 Å². The summed E-state index contributed by atoms with van der Waals surface area (Å²) < 4.78 is 0. The number of hydrogen-bond donors (Lipinski definition) is 1. The highest BCUT2D eigenvalue weighted by molar-refractivity contribution is 5.84. The van der Waals surface area contributed by atoms with E-state index in [2.05, 4.69) is 0 Å². The Balaban J connectivity index is 2.49. The van der Waals surface area contributed by atoms with E-state index >= 15 is 0 Å². The predicted octanol–water partition coefficient (Wildman–Crippen LogP) is 0.313. The van der Waals surface area contributed by atoms with E-state index in [4.69, 9.17) is 5.11 Å². The van der Waals surface area contributed by atoms with Gasteiger partial charge in [-0.3, -0.25) is 9.59 Å². The molecule has 0 bridgehead atoms. The second kappa shape index (κ2) is 7.12. The van der Waals surface area contributed by atoms with E-state index in [1.54, 1.807) is 19.0 Å². The van der Waals surface area contributed by atoms with Crippen molar-refractivity contribution >= 4 is 17.9 Å². The van der Waals surface area contributed by atoms with Gasteiger partial charge in [-0.25, -0.2) is 4.79 Å². The highest BCUT2D eigenvalue weighted by Crippen LogP contribution is 2.20. The molecule has 0 aliphatic carbocycles. The minimum atomic E-state index is -0.838. The Morgan fingerprint density at radius 1 is 1.25 bits per heavy atom. The van der Waals surface area contributed by atoms with Gasteiger partial charge in [-0.1, -0.05) is 6.92 Å². The van der Waals surface area contributed by atoms with Crippen molar-refractivity contribution in [2.75, 3.05) is 40.3 Å². The summed E-state index contributed by atoms with van der Waals surface area (Å²) in [5.41, 5.74) is 0. The van der Waals surface area contributed by atoms with E-state index in [0.717, 1.165) is 6.42 Å². The second-order valence-electron chi connectivity index (χ2n) is 5.36. The summed E-state index contributed by atoms with van der Waals surface area (Å²) in [6, 6.07) is -0.177. The van der Waals surface area contributed by atoms with Gasteiger partial charge in [0.05, 0.1) is 6.42 Å². The monoisotopic (exact) mass is 285 g/mol. The van der Waals surface area contributed by atoms with Crippen molar-refractivity contribution in [2.45, 2.75) is 19.8 Å². The first-order valence-electron chi connectivity index (χ1n) is 6.81. The molecule has 1 aliphatic rings. The maximum Gasteiger partial charge on any atom is 0.320 e. The van der Waals surface area contributed by atoms with Crippen molar-refractivity contribution in [2.24, 2.45) is 5.92 Å². The van der Waals surface area contributed by atoms with E-state index in [1.165, 1.54) is 9.80 Å². The molecule has 0 aromatic rings. The zero-order valence-electron chi connectivity index (χ0n) is 12.3. The normalized spacial score (nSPS) is 14.7. The summed E-state index contributed by atoms with van der Waals surface area (Å²) in [5, 5.41) is 8.68. The zero-order chi connectivity index (χ0) is 15.3. The number of likely N-dealkylation sites (N-methyl/N-ethyl adjacent to an activating group) is 1. The maximum absolute atomic E-state index is 12.2. The Hall–Kier alpha value is -1.79. The molecule has 1 rings (SSSR count). The minimum Gasteiger partial charge on any atom is -0.481 e. The zero-order valence-corrected chi connectivity index (χ0v) is 12.3. The van der Waals surface area contributed by atoms with E-state index in [-0.39, 0.29) is 30.8 Å². The van der Waals surface area contributed by atoms with Crippen LogP contribution < -0.4 is 0 Å². The molecule has 1 aliphatic heterocycles. The highest BCUT2D eigenvalue weighted by atomic mass is 16.4. The van der Waals surface area contributed by atoms with Crippen LogP contribution >= 0.6 is 0 Å². The largest absolute Gasteiger partial charge is 0.481 e. The first kappa shape index (κ1) is 16.3. The maximum atomic E-state index is 12.2. The number of carboxylic acid groups (broad SMARTS) is 1.